The van der Waals surface area contributed by atoms with Crippen LogP contribution in [0.15, 0.2) is 53.5 Å². The van der Waals surface area contributed by atoms with E-state index in [9.17, 15) is 4.79 Å². The fourth-order valence-electron chi connectivity index (χ4n) is 2.25. The van der Waals surface area contributed by atoms with Crippen molar-refractivity contribution < 1.29 is 0 Å². The molecule has 0 aliphatic carbocycles. The number of hydrogen-bond acceptors (Lipinski definition) is 4. The molecule has 0 bridgehead atoms. The molecule has 0 atom stereocenters. The Morgan fingerprint density at radius 1 is 1.05 bits per heavy atom. The fourth-order valence-corrected chi connectivity index (χ4v) is 2.45. The molecule has 0 amide bonds. The highest BCUT2D eigenvalue weighted by atomic mass is 35.5. The van der Waals surface area contributed by atoms with E-state index in [0.717, 1.165) is 0 Å². The molecule has 4 aromatic rings. The van der Waals surface area contributed by atoms with Crippen LogP contribution in [0.5, 0.6) is 0 Å². The fraction of sp³-hybridized carbons (Fsp3) is 0. The number of hydrogen-bond donors (Lipinski definition) is 0. The monoisotopic (exact) mass is 297 g/mol. The standard InChI is InChI=1S/C14H8ClN5O/c15-11-13-18-20(9-5-2-1-3-6-9)14(21)19(13)10-7-4-8-16-12(10)17-11/h1-8H. The summed E-state index contributed by atoms with van der Waals surface area (Å²) >= 11 is 6.12. The highest BCUT2D eigenvalue weighted by Crippen LogP contribution is 2.18. The molecule has 6 nitrogen and oxygen atoms in total. The second kappa shape index (κ2) is 4.39. The lowest BCUT2D eigenvalue weighted by molar-refractivity contribution is 0.842. The van der Waals surface area contributed by atoms with E-state index in [-0.39, 0.29) is 10.8 Å². The SMILES string of the molecule is O=c1n(-c2ccccc2)nc2c(Cl)nc3ncccc3n12. The summed E-state index contributed by atoms with van der Waals surface area (Å²) in [6.45, 7) is 0. The Labute approximate surface area is 123 Å². The first-order chi connectivity index (χ1) is 10.3. The van der Waals surface area contributed by atoms with Gasteiger partial charge in [0.15, 0.2) is 16.4 Å². The molecule has 0 unspecified atom stereocenters. The summed E-state index contributed by atoms with van der Waals surface area (Å²) in [4.78, 5) is 20.9. The maximum absolute atomic E-state index is 12.6. The van der Waals surface area contributed by atoms with Crippen molar-refractivity contribution in [3.8, 4) is 5.69 Å². The third-order valence-corrected chi connectivity index (χ3v) is 3.43. The first kappa shape index (κ1) is 12.0. The molecule has 0 saturated carbocycles. The van der Waals surface area contributed by atoms with Gasteiger partial charge in [-0.2, -0.15) is 4.68 Å². The largest absolute Gasteiger partial charge is 0.355 e. The molecule has 102 valence electrons. The third-order valence-electron chi connectivity index (χ3n) is 3.18. The van der Waals surface area contributed by atoms with E-state index in [1.54, 1.807) is 30.5 Å². The summed E-state index contributed by atoms with van der Waals surface area (Å²) in [5.41, 5.74) is 1.65. The second-order valence-corrected chi connectivity index (χ2v) is 4.80. The van der Waals surface area contributed by atoms with Gasteiger partial charge in [0.1, 0.15) is 0 Å². The van der Waals surface area contributed by atoms with Crippen molar-refractivity contribution in [2.75, 3.05) is 0 Å². The average Bonchev–Trinajstić information content (AvgIpc) is 2.87. The van der Waals surface area contributed by atoms with Crippen LogP contribution in [0, 0.1) is 0 Å². The highest BCUT2D eigenvalue weighted by Gasteiger charge is 2.15. The number of nitrogens with zero attached hydrogens (tertiary/aromatic N) is 5. The summed E-state index contributed by atoms with van der Waals surface area (Å²) in [6, 6.07) is 12.7. The Morgan fingerprint density at radius 3 is 2.67 bits per heavy atom. The number of benzene rings is 1. The van der Waals surface area contributed by atoms with Gasteiger partial charge in [-0.25, -0.2) is 19.2 Å². The van der Waals surface area contributed by atoms with E-state index >= 15 is 0 Å². The molecule has 3 heterocycles. The summed E-state index contributed by atoms with van der Waals surface area (Å²) in [6.07, 6.45) is 1.60. The van der Waals surface area contributed by atoms with Crippen LogP contribution in [0.2, 0.25) is 5.15 Å². The number of fused-ring (bicyclic) bond motifs is 3. The molecule has 7 heteroatoms. The maximum atomic E-state index is 12.6. The molecular weight excluding hydrogens is 290 g/mol. The molecular formula is C14H8ClN5O. The predicted octanol–water partition coefficient (Wildman–Crippen LogP) is 2.08. The number of para-hydroxylation sites is 1. The van der Waals surface area contributed by atoms with E-state index in [0.29, 0.717) is 22.5 Å². The zero-order chi connectivity index (χ0) is 14.4. The van der Waals surface area contributed by atoms with Gasteiger partial charge in [-0.15, -0.1) is 5.10 Å². The lowest BCUT2D eigenvalue weighted by atomic mass is 10.3. The molecule has 0 radical (unpaired) electrons. The zero-order valence-corrected chi connectivity index (χ0v) is 11.4. The molecule has 0 aliphatic rings. The Kier molecular flexibility index (Phi) is 2.52. The van der Waals surface area contributed by atoms with Gasteiger partial charge in [0.2, 0.25) is 0 Å². The van der Waals surface area contributed by atoms with E-state index in [4.69, 9.17) is 11.6 Å². The Morgan fingerprint density at radius 2 is 1.86 bits per heavy atom. The van der Waals surface area contributed by atoms with Gasteiger partial charge < -0.3 is 0 Å². The smallest absolute Gasteiger partial charge is 0.245 e. The number of halogens is 1. The lowest BCUT2D eigenvalue weighted by Crippen LogP contribution is -2.20. The molecule has 0 N–H and O–H groups in total. The van der Waals surface area contributed by atoms with Crippen molar-refractivity contribution in [2.24, 2.45) is 0 Å². The Hall–Kier alpha value is -2.73. The van der Waals surface area contributed by atoms with Gasteiger partial charge in [-0.1, -0.05) is 29.8 Å². The quantitative estimate of drug-likeness (QED) is 0.539. The van der Waals surface area contributed by atoms with Gasteiger partial charge in [-0.3, -0.25) is 0 Å². The van der Waals surface area contributed by atoms with Crippen molar-refractivity contribution in [1.82, 2.24) is 24.1 Å². The summed E-state index contributed by atoms with van der Waals surface area (Å²) in [7, 11) is 0. The summed E-state index contributed by atoms with van der Waals surface area (Å²) in [5, 5.41) is 4.42. The zero-order valence-electron chi connectivity index (χ0n) is 10.6. The molecule has 0 fully saturated rings. The topological polar surface area (TPSA) is 65.1 Å². The van der Waals surface area contributed by atoms with Crippen LogP contribution in [0.1, 0.15) is 0 Å². The van der Waals surface area contributed by atoms with Crippen molar-refractivity contribution in [2.45, 2.75) is 0 Å². The highest BCUT2D eigenvalue weighted by molar-refractivity contribution is 6.32. The first-order valence-electron chi connectivity index (χ1n) is 6.23. The van der Waals surface area contributed by atoms with Crippen LogP contribution in [-0.2, 0) is 0 Å². The summed E-state index contributed by atoms with van der Waals surface area (Å²) < 4.78 is 2.72. The maximum Gasteiger partial charge on any atom is 0.355 e. The normalized spacial score (nSPS) is 11.3. The van der Waals surface area contributed by atoms with Crippen LogP contribution in [0.25, 0.3) is 22.5 Å². The van der Waals surface area contributed by atoms with E-state index in [1.165, 1.54) is 9.08 Å². The minimum atomic E-state index is -0.307. The van der Waals surface area contributed by atoms with Crippen molar-refractivity contribution >= 4 is 28.4 Å². The average molecular weight is 298 g/mol. The predicted molar refractivity (Wildman–Crippen MR) is 78.9 cm³/mol. The van der Waals surface area contributed by atoms with Gasteiger partial charge >= 0.3 is 5.69 Å². The molecule has 21 heavy (non-hydrogen) atoms. The van der Waals surface area contributed by atoms with E-state index < -0.39 is 0 Å². The van der Waals surface area contributed by atoms with Crippen LogP contribution < -0.4 is 5.69 Å². The number of rotatable bonds is 1. The third kappa shape index (κ3) is 1.73. The van der Waals surface area contributed by atoms with Crippen LogP contribution in [0.3, 0.4) is 0 Å². The van der Waals surface area contributed by atoms with Crippen molar-refractivity contribution in [3.63, 3.8) is 0 Å². The van der Waals surface area contributed by atoms with Gasteiger partial charge in [0.05, 0.1) is 11.2 Å². The number of pyridine rings is 1. The molecule has 0 saturated heterocycles. The molecule has 3 aromatic heterocycles. The van der Waals surface area contributed by atoms with Crippen LogP contribution >= 0.6 is 11.6 Å². The minimum Gasteiger partial charge on any atom is -0.245 e. The van der Waals surface area contributed by atoms with E-state index in [2.05, 4.69) is 15.1 Å². The molecule has 4 rings (SSSR count). The Bertz CT molecular complexity index is 1020. The van der Waals surface area contributed by atoms with Gasteiger partial charge in [0, 0.05) is 6.20 Å². The molecule has 1 aromatic carbocycles. The van der Waals surface area contributed by atoms with E-state index in [1.807, 2.05) is 18.2 Å². The first-order valence-corrected chi connectivity index (χ1v) is 6.61. The van der Waals surface area contributed by atoms with Gasteiger partial charge in [0.25, 0.3) is 0 Å². The lowest BCUT2D eigenvalue weighted by Gasteiger charge is -1.99. The number of aromatic nitrogens is 5. The second-order valence-electron chi connectivity index (χ2n) is 4.44. The summed E-state index contributed by atoms with van der Waals surface area (Å²) in [5.74, 6) is 0. The van der Waals surface area contributed by atoms with Crippen LogP contribution in [-0.4, -0.2) is 24.1 Å². The molecule has 0 spiro atoms. The molecule has 0 aliphatic heterocycles. The van der Waals surface area contributed by atoms with Crippen molar-refractivity contribution in [1.29, 1.82) is 0 Å². The van der Waals surface area contributed by atoms with Crippen molar-refractivity contribution in [3.05, 3.63) is 64.3 Å². The minimum absolute atomic E-state index is 0.146. The Balaban J connectivity index is 2.19. The van der Waals surface area contributed by atoms with Gasteiger partial charge in [-0.05, 0) is 24.3 Å². The van der Waals surface area contributed by atoms with Crippen LogP contribution in [0.4, 0.5) is 0 Å².